The topological polar surface area (TPSA) is 120 Å². The molecule has 0 radical (unpaired) electrons. The summed E-state index contributed by atoms with van der Waals surface area (Å²) < 4.78 is 33.7. The third-order valence-corrected chi connectivity index (χ3v) is 6.24. The first-order valence-corrected chi connectivity index (χ1v) is 10.4. The van der Waals surface area contributed by atoms with Crippen LogP contribution in [0.25, 0.3) is 11.0 Å². The molecule has 3 rings (SSSR count). The monoisotopic (exact) mass is 486 g/mol. The Morgan fingerprint density at radius 2 is 1.96 bits per heavy atom. The molecule has 0 aliphatic heterocycles. The summed E-state index contributed by atoms with van der Waals surface area (Å²) in [4.78, 5) is 21.8. The number of carbonyl (C=O) groups is 1. The van der Waals surface area contributed by atoms with Crippen LogP contribution in [0.1, 0.15) is 23.0 Å². The van der Waals surface area contributed by atoms with E-state index in [0.29, 0.717) is 26.8 Å². The normalized spacial score (nSPS) is 11.6. The summed E-state index contributed by atoms with van der Waals surface area (Å²) in [6.07, 6.45) is 0. The average molecular weight is 488 g/mol. The maximum Gasteiger partial charge on any atom is 0.289 e. The number of hydrogen-bond donors (Lipinski definition) is 1. The standard InChI is InChI=1S/C17H12BrClN2O6S/c1-8(22)16-9(2)27-17-12(16)5-10(6-13(17)18)20-28(25,26)11-3-4-14(19)15(7-11)21(23)24/h3-7,20H,1-2H3. The fourth-order valence-electron chi connectivity index (χ4n) is 2.79. The molecule has 1 heterocycles. The number of sulfonamides is 1. The van der Waals surface area contributed by atoms with Gasteiger partial charge >= 0.3 is 0 Å². The van der Waals surface area contributed by atoms with Gasteiger partial charge in [0.15, 0.2) is 5.78 Å². The summed E-state index contributed by atoms with van der Waals surface area (Å²) in [5.74, 6) is 0.188. The van der Waals surface area contributed by atoms with Crippen LogP contribution < -0.4 is 4.72 Å². The number of hydrogen-bond acceptors (Lipinski definition) is 6. The van der Waals surface area contributed by atoms with Gasteiger partial charge in [0.1, 0.15) is 16.4 Å². The molecule has 0 bridgehead atoms. The van der Waals surface area contributed by atoms with Gasteiger partial charge in [-0.25, -0.2) is 8.42 Å². The molecule has 0 unspecified atom stereocenters. The largest absolute Gasteiger partial charge is 0.459 e. The van der Waals surface area contributed by atoms with Crippen LogP contribution in [0.3, 0.4) is 0 Å². The molecular formula is C17H12BrClN2O6S. The number of Topliss-reactive ketones (excluding diaryl/α,β-unsaturated/α-hetero) is 1. The number of ketones is 1. The fraction of sp³-hybridized carbons (Fsp3) is 0.118. The van der Waals surface area contributed by atoms with E-state index in [0.717, 1.165) is 18.2 Å². The Morgan fingerprint density at radius 3 is 2.57 bits per heavy atom. The zero-order valence-electron chi connectivity index (χ0n) is 14.4. The van der Waals surface area contributed by atoms with Crippen molar-refractivity contribution in [3.05, 3.63) is 61.3 Å². The summed E-state index contributed by atoms with van der Waals surface area (Å²) in [5.41, 5.74) is 0.387. The Hall–Kier alpha value is -2.43. The van der Waals surface area contributed by atoms with Gasteiger partial charge < -0.3 is 4.42 Å². The van der Waals surface area contributed by atoms with Crippen molar-refractivity contribution in [1.82, 2.24) is 0 Å². The Bertz CT molecular complexity index is 1250. The van der Waals surface area contributed by atoms with Crippen LogP contribution in [-0.2, 0) is 10.0 Å². The fourth-order valence-corrected chi connectivity index (χ4v) is 4.57. The van der Waals surface area contributed by atoms with Crippen LogP contribution in [0.15, 0.2) is 44.1 Å². The van der Waals surface area contributed by atoms with Gasteiger partial charge in [0.05, 0.1) is 25.5 Å². The molecule has 0 aliphatic carbocycles. The second kappa shape index (κ2) is 7.19. The first-order valence-electron chi connectivity index (χ1n) is 7.71. The van der Waals surface area contributed by atoms with E-state index in [1.165, 1.54) is 19.1 Å². The summed E-state index contributed by atoms with van der Waals surface area (Å²) >= 11 is 9.03. The lowest BCUT2D eigenvalue weighted by Crippen LogP contribution is -2.13. The van der Waals surface area contributed by atoms with E-state index in [2.05, 4.69) is 20.7 Å². The Labute approximate surface area is 172 Å². The quantitative estimate of drug-likeness (QED) is 0.305. The van der Waals surface area contributed by atoms with Crippen LogP contribution in [0, 0.1) is 17.0 Å². The minimum Gasteiger partial charge on any atom is -0.459 e. The molecule has 0 fully saturated rings. The van der Waals surface area contributed by atoms with Crippen LogP contribution in [0.4, 0.5) is 11.4 Å². The highest BCUT2D eigenvalue weighted by atomic mass is 79.9. The van der Waals surface area contributed by atoms with Gasteiger partial charge in [-0.1, -0.05) is 11.6 Å². The number of nitrogens with one attached hydrogen (secondary N) is 1. The van der Waals surface area contributed by atoms with Gasteiger partial charge in [-0.3, -0.25) is 19.6 Å². The van der Waals surface area contributed by atoms with Crippen molar-refractivity contribution in [3.63, 3.8) is 0 Å². The summed E-state index contributed by atoms with van der Waals surface area (Å²) in [6.45, 7) is 3.02. The lowest BCUT2D eigenvalue weighted by atomic mass is 10.1. The molecule has 0 spiro atoms. The molecule has 1 N–H and O–H groups in total. The number of nitro groups is 1. The smallest absolute Gasteiger partial charge is 0.289 e. The SMILES string of the molecule is CC(=O)c1c(C)oc2c(Br)cc(NS(=O)(=O)c3ccc(Cl)c([N+](=O)[O-])c3)cc12. The van der Waals surface area contributed by atoms with Crippen LogP contribution in [0.5, 0.6) is 0 Å². The first-order chi connectivity index (χ1) is 13.0. The molecule has 3 aromatic rings. The van der Waals surface area contributed by atoms with E-state index in [1.54, 1.807) is 6.92 Å². The highest BCUT2D eigenvalue weighted by molar-refractivity contribution is 9.10. The van der Waals surface area contributed by atoms with Crippen molar-refractivity contribution < 1.29 is 22.6 Å². The Balaban J connectivity index is 2.09. The van der Waals surface area contributed by atoms with Crippen molar-refractivity contribution in [2.45, 2.75) is 18.7 Å². The van der Waals surface area contributed by atoms with Crippen molar-refractivity contribution in [2.75, 3.05) is 4.72 Å². The van der Waals surface area contributed by atoms with Crippen molar-refractivity contribution in [3.8, 4) is 0 Å². The number of rotatable bonds is 5. The van der Waals surface area contributed by atoms with Gasteiger partial charge in [0.2, 0.25) is 0 Å². The molecule has 11 heteroatoms. The molecule has 1 aromatic heterocycles. The van der Waals surface area contributed by atoms with E-state index >= 15 is 0 Å². The van der Waals surface area contributed by atoms with E-state index in [9.17, 15) is 23.3 Å². The van der Waals surface area contributed by atoms with E-state index in [4.69, 9.17) is 16.0 Å². The number of fused-ring (bicyclic) bond motifs is 1. The predicted molar refractivity (Wildman–Crippen MR) is 108 cm³/mol. The number of anilines is 1. The van der Waals surface area contributed by atoms with Crippen LogP contribution in [0.2, 0.25) is 5.02 Å². The minimum absolute atomic E-state index is 0.153. The second-order valence-electron chi connectivity index (χ2n) is 5.90. The molecule has 8 nitrogen and oxygen atoms in total. The number of nitrogens with zero attached hydrogens (tertiary/aromatic N) is 1. The number of halogens is 2. The summed E-state index contributed by atoms with van der Waals surface area (Å²) in [5, 5.41) is 11.3. The van der Waals surface area contributed by atoms with Crippen LogP contribution in [-0.4, -0.2) is 19.1 Å². The lowest BCUT2D eigenvalue weighted by Gasteiger charge is -2.09. The zero-order valence-corrected chi connectivity index (χ0v) is 17.6. The van der Waals surface area contributed by atoms with Crippen molar-refractivity contribution in [2.24, 2.45) is 0 Å². The van der Waals surface area contributed by atoms with E-state index in [1.807, 2.05) is 0 Å². The summed E-state index contributed by atoms with van der Waals surface area (Å²) in [7, 11) is -4.15. The molecule has 28 heavy (non-hydrogen) atoms. The first kappa shape index (κ1) is 20.3. The molecule has 0 saturated carbocycles. The molecule has 0 atom stereocenters. The number of aryl methyl sites for hydroxylation is 1. The maximum atomic E-state index is 12.7. The molecular weight excluding hydrogens is 476 g/mol. The second-order valence-corrected chi connectivity index (χ2v) is 8.84. The summed E-state index contributed by atoms with van der Waals surface area (Å²) in [6, 6.07) is 6.11. The number of nitro benzene ring substituents is 1. The van der Waals surface area contributed by atoms with Gasteiger partial charge in [-0.15, -0.1) is 0 Å². The van der Waals surface area contributed by atoms with Gasteiger partial charge in [-0.2, -0.15) is 0 Å². The lowest BCUT2D eigenvalue weighted by molar-refractivity contribution is -0.384. The number of furan rings is 1. The van der Waals surface area contributed by atoms with E-state index in [-0.39, 0.29) is 21.4 Å². The third kappa shape index (κ3) is 3.62. The average Bonchev–Trinajstić information content (AvgIpc) is 2.91. The molecule has 146 valence electrons. The predicted octanol–water partition coefficient (Wildman–Crippen LogP) is 5.07. The molecule has 0 saturated heterocycles. The Morgan fingerprint density at radius 1 is 1.29 bits per heavy atom. The zero-order chi connectivity index (χ0) is 20.8. The van der Waals surface area contributed by atoms with Crippen molar-refractivity contribution in [1.29, 1.82) is 0 Å². The van der Waals surface area contributed by atoms with Gasteiger partial charge in [0.25, 0.3) is 15.7 Å². The maximum absolute atomic E-state index is 12.7. The van der Waals surface area contributed by atoms with E-state index < -0.39 is 20.6 Å². The molecule has 2 aromatic carbocycles. The highest BCUT2D eigenvalue weighted by Crippen LogP contribution is 2.35. The highest BCUT2D eigenvalue weighted by Gasteiger charge is 2.23. The molecule has 0 aliphatic rings. The third-order valence-electron chi connectivity index (χ3n) is 3.95. The number of carbonyl (C=O) groups excluding carboxylic acids is 1. The van der Waals surface area contributed by atoms with Crippen LogP contribution >= 0.6 is 27.5 Å². The number of benzene rings is 2. The Kier molecular flexibility index (Phi) is 5.22. The molecule has 0 amide bonds. The van der Waals surface area contributed by atoms with Gasteiger partial charge in [0, 0.05) is 11.5 Å². The van der Waals surface area contributed by atoms with Gasteiger partial charge in [-0.05, 0) is 54.0 Å². The minimum atomic E-state index is -4.15. The van der Waals surface area contributed by atoms with Crippen molar-refractivity contribution >= 4 is 65.7 Å².